The van der Waals surface area contributed by atoms with E-state index in [0.29, 0.717) is 35.4 Å². The Morgan fingerprint density at radius 3 is 2.62 bits per heavy atom. The zero-order chi connectivity index (χ0) is 24.3. The Hall–Kier alpha value is -1.38. The molecule has 0 radical (unpaired) electrons. The molecule has 2 atom stereocenters. The lowest BCUT2D eigenvalue weighted by molar-refractivity contribution is -0.133. The fraction of sp³-hybridized carbons (Fsp3) is 0.731. The van der Waals surface area contributed by atoms with Crippen LogP contribution in [0.1, 0.15) is 77.6 Å². The largest absolute Gasteiger partial charge is 0.481 e. The van der Waals surface area contributed by atoms with Gasteiger partial charge in [0, 0.05) is 6.42 Å². The smallest absolute Gasteiger partial charge is 0.313 e. The van der Waals surface area contributed by atoms with Crippen LogP contribution in [0.15, 0.2) is 23.1 Å². The van der Waals surface area contributed by atoms with Crippen LogP contribution in [0.2, 0.25) is 0 Å². The van der Waals surface area contributed by atoms with Gasteiger partial charge in [-0.2, -0.15) is 0 Å². The molecule has 2 N–H and O–H groups in total. The molecule has 2 unspecified atom stereocenters. The number of thiazole rings is 1. The molecule has 1 heterocycles. The van der Waals surface area contributed by atoms with E-state index in [2.05, 4.69) is 23.8 Å². The average Bonchev–Trinajstić information content (AvgIpc) is 3.30. The predicted octanol–water partition coefficient (Wildman–Crippen LogP) is 6.63. The fourth-order valence-corrected chi connectivity index (χ4v) is 7.06. The monoisotopic (exact) mass is 508 g/mol. The first-order valence-electron chi connectivity index (χ1n) is 12.8. The Labute approximate surface area is 212 Å². The fourth-order valence-electron chi connectivity index (χ4n) is 5.45. The van der Waals surface area contributed by atoms with E-state index >= 15 is 0 Å². The van der Waals surface area contributed by atoms with E-state index in [0.717, 1.165) is 36.0 Å². The molecule has 3 rings (SSSR count). The van der Waals surface area contributed by atoms with E-state index in [1.807, 2.05) is 6.08 Å². The number of nitrogens with zero attached hydrogens (tertiary/aromatic N) is 1. The molecule has 0 aliphatic heterocycles. The Kier molecular flexibility index (Phi) is 11.4. The maximum Gasteiger partial charge on any atom is 0.313 e. The number of carboxylic acid groups (broad SMARTS) is 1. The maximum absolute atomic E-state index is 12.7. The van der Waals surface area contributed by atoms with Crippen molar-refractivity contribution in [2.45, 2.75) is 87.9 Å². The van der Waals surface area contributed by atoms with Gasteiger partial charge in [-0.15, -0.1) is 18.3 Å². The van der Waals surface area contributed by atoms with Gasteiger partial charge < -0.3 is 15.2 Å². The number of thioether (sulfide) groups is 1. The highest BCUT2D eigenvalue weighted by molar-refractivity contribution is 8.01. The molecule has 2 fully saturated rings. The normalized spacial score (nSPS) is 23.2. The lowest BCUT2D eigenvalue weighted by atomic mass is 9.67. The minimum Gasteiger partial charge on any atom is -0.481 e. The highest BCUT2D eigenvalue weighted by Crippen LogP contribution is 2.42. The Morgan fingerprint density at radius 1 is 1.24 bits per heavy atom. The quantitative estimate of drug-likeness (QED) is 0.230. The molecule has 1 amide bonds. The summed E-state index contributed by atoms with van der Waals surface area (Å²) in [6.07, 6.45) is 16.7. The van der Waals surface area contributed by atoms with Gasteiger partial charge in [0.1, 0.15) is 0 Å². The first kappa shape index (κ1) is 27.2. The Balaban J connectivity index is 1.49. The van der Waals surface area contributed by atoms with Gasteiger partial charge in [0.25, 0.3) is 0 Å². The highest BCUT2D eigenvalue weighted by Gasteiger charge is 2.33. The van der Waals surface area contributed by atoms with Crippen molar-refractivity contribution in [1.82, 2.24) is 4.98 Å². The van der Waals surface area contributed by atoms with Gasteiger partial charge in [-0.25, -0.2) is 4.98 Å². The number of carboxylic acids is 1. The van der Waals surface area contributed by atoms with Crippen LogP contribution >= 0.6 is 23.1 Å². The number of anilines is 1. The van der Waals surface area contributed by atoms with Crippen molar-refractivity contribution < 1.29 is 19.4 Å². The Bertz CT molecular complexity index is 786. The van der Waals surface area contributed by atoms with E-state index in [1.54, 1.807) is 6.20 Å². The lowest BCUT2D eigenvalue weighted by Crippen LogP contribution is -2.32. The molecule has 0 spiro atoms. The van der Waals surface area contributed by atoms with Crippen molar-refractivity contribution in [3.05, 3.63) is 18.9 Å². The van der Waals surface area contributed by atoms with E-state index in [-0.39, 0.29) is 11.7 Å². The van der Waals surface area contributed by atoms with Crippen molar-refractivity contribution in [3.63, 3.8) is 0 Å². The number of ether oxygens (including phenoxy) is 1. The van der Waals surface area contributed by atoms with E-state index < -0.39 is 5.97 Å². The summed E-state index contributed by atoms with van der Waals surface area (Å²) in [5, 5.41) is 12.3. The van der Waals surface area contributed by atoms with Gasteiger partial charge in [-0.3, -0.25) is 9.59 Å². The minimum absolute atomic E-state index is 0.000778. The number of nitrogens with one attached hydrogen (secondary N) is 1. The summed E-state index contributed by atoms with van der Waals surface area (Å²) in [7, 11) is 0. The number of hydrogen-bond acceptors (Lipinski definition) is 6. The standard InChI is InChI=1S/C26H40N2O4S2/c1-3-18(2)16-32-21-11-9-20(10-12-21)22(19-7-5-4-6-8-19)13-14-23(29)28-26-27-15-25(34-26)33-17-24(30)31/h3,15,18-22H,1,4-14,16-17H2,2H3,(H,30,31)(H,27,28,29). The third-order valence-corrected chi connectivity index (χ3v) is 9.44. The number of carbonyl (C=O) groups is 2. The Morgan fingerprint density at radius 2 is 1.94 bits per heavy atom. The van der Waals surface area contributed by atoms with E-state index in [9.17, 15) is 9.59 Å². The molecule has 6 nitrogen and oxygen atoms in total. The summed E-state index contributed by atoms with van der Waals surface area (Å²) in [4.78, 5) is 27.7. The van der Waals surface area contributed by atoms with Crippen LogP contribution in [-0.2, 0) is 14.3 Å². The van der Waals surface area contributed by atoms with E-state index in [4.69, 9.17) is 9.84 Å². The molecule has 2 saturated carbocycles. The lowest BCUT2D eigenvalue weighted by Gasteiger charge is -2.39. The molecule has 0 saturated heterocycles. The number of rotatable bonds is 13. The topological polar surface area (TPSA) is 88.5 Å². The second kappa shape index (κ2) is 14.2. The van der Waals surface area contributed by atoms with Crippen molar-refractivity contribution in [1.29, 1.82) is 0 Å². The minimum atomic E-state index is -0.857. The van der Waals surface area contributed by atoms with Gasteiger partial charge in [0.2, 0.25) is 5.91 Å². The molecule has 34 heavy (non-hydrogen) atoms. The van der Waals surface area contributed by atoms with Gasteiger partial charge in [0.05, 0.1) is 28.9 Å². The molecule has 2 aliphatic carbocycles. The highest BCUT2D eigenvalue weighted by atomic mass is 32.2. The predicted molar refractivity (Wildman–Crippen MR) is 139 cm³/mol. The second-order valence-corrected chi connectivity index (χ2v) is 12.2. The summed E-state index contributed by atoms with van der Waals surface area (Å²) in [5.41, 5.74) is 0. The summed E-state index contributed by atoms with van der Waals surface area (Å²) in [6, 6.07) is 0. The molecule has 0 bridgehead atoms. The summed E-state index contributed by atoms with van der Waals surface area (Å²) < 4.78 is 6.94. The van der Waals surface area contributed by atoms with Gasteiger partial charge in [0.15, 0.2) is 5.13 Å². The average molecular weight is 509 g/mol. The molecule has 1 aromatic heterocycles. The van der Waals surface area contributed by atoms with Crippen LogP contribution in [0.3, 0.4) is 0 Å². The van der Waals surface area contributed by atoms with Crippen LogP contribution in [-0.4, -0.2) is 40.4 Å². The molecule has 8 heteroatoms. The van der Waals surface area contributed by atoms with Crippen LogP contribution in [0.5, 0.6) is 0 Å². The zero-order valence-corrected chi connectivity index (χ0v) is 22.0. The number of amides is 1. The molecule has 0 aromatic carbocycles. The number of aliphatic carboxylic acids is 1. The number of aromatic nitrogens is 1. The van der Waals surface area contributed by atoms with Crippen LogP contribution in [0.4, 0.5) is 5.13 Å². The van der Waals surface area contributed by atoms with Crippen molar-refractivity contribution in [2.75, 3.05) is 17.7 Å². The van der Waals surface area contributed by atoms with Gasteiger partial charge in [-0.05, 0) is 55.8 Å². The third-order valence-electron chi connectivity index (χ3n) is 7.35. The van der Waals surface area contributed by atoms with Gasteiger partial charge >= 0.3 is 5.97 Å². The molecular weight excluding hydrogens is 468 g/mol. The number of hydrogen-bond donors (Lipinski definition) is 2. The first-order valence-corrected chi connectivity index (χ1v) is 14.6. The summed E-state index contributed by atoms with van der Waals surface area (Å²) >= 11 is 2.57. The first-order chi connectivity index (χ1) is 16.4. The maximum atomic E-state index is 12.7. The summed E-state index contributed by atoms with van der Waals surface area (Å²) in [6.45, 7) is 6.76. The third kappa shape index (κ3) is 9.00. The molecule has 1 aromatic rings. The van der Waals surface area contributed by atoms with Crippen LogP contribution < -0.4 is 5.32 Å². The second-order valence-electron chi connectivity index (χ2n) is 9.90. The molecular formula is C26H40N2O4S2. The molecule has 2 aliphatic rings. The van der Waals surface area contributed by atoms with Gasteiger partial charge in [-0.1, -0.05) is 56.4 Å². The zero-order valence-electron chi connectivity index (χ0n) is 20.4. The van der Waals surface area contributed by atoms with Crippen molar-refractivity contribution in [2.24, 2.45) is 23.7 Å². The van der Waals surface area contributed by atoms with Crippen molar-refractivity contribution >= 4 is 40.1 Å². The molecule has 190 valence electrons. The van der Waals surface area contributed by atoms with Crippen LogP contribution in [0.25, 0.3) is 0 Å². The van der Waals surface area contributed by atoms with E-state index in [1.165, 1.54) is 68.0 Å². The number of carbonyl (C=O) groups excluding carboxylic acids is 1. The summed E-state index contributed by atoms with van der Waals surface area (Å²) in [5.74, 6) is 1.59. The SMILES string of the molecule is C=CC(C)COC1CCC(C(CCC(=O)Nc2ncc(SCC(=O)O)s2)C2CCCCC2)CC1. The van der Waals surface area contributed by atoms with Crippen molar-refractivity contribution in [3.8, 4) is 0 Å². The van der Waals surface area contributed by atoms with Crippen LogP contribution in [0, 0.1) is 23.7 Å².